The van der Waals surface area contributed by atoms with Gasteiger partial charge in [0.25, 0.3) is 5.91 Å². The Morgan fingerprint density at radius 3 is 2.70 bits per heavy atom. The Hall–Kier alpha value is -2.54. The maximum Gasteiger partial charge on any atom is 0.274 e. The zero-order valence-corrected chi connectivity index (χ0v) is 13.4. The van der Waals surface area contributed by atoms with Gasteiger partial charge in [0.1, 0.15) is 23.2 Å². The predicted molar refractivity (Wildman–Crippen MR) is 88.2 cm³/mol. The van der Waals surface area contributed by atoms with Gasteiger partial charge in [-0.05, 0) is 33.2 Å². The maximum absolute atomic E-state index is 13.6. The molecule has 0 fully saturated rings. The van der Waals surface area contributed by atoms with Gasteiger partial charge in [0.15, 0.2) is 0 Å². The van der Waals surface area contributed by atoms with Crippen LogP contribution in [0, 0.1) is 12.7 Å². The Labute approximate surface area is 134 Å². The van der Waals surface area contributed by atoms with E-state index in [4.69, 9.17) is 0 Å². The molecule has 1 aromatic heterocycles. The van der Waals surface area contributed by atoms with Crippen molar-refractivity contribution in [3.05, 3.63) is 47.7 Å². The number of benzene rings is 1. The summed E-state index contributed by atoms with van der Waals surface area (Å²) >= 11 is 0. The van der Waals surface area contributed by atoms with E-state index in [0.717, 1.165) is 6.54 Å². The number of anilines is 2. The molecule has 0 saturated heterocycles. The van der Waals surface area contributed by atoms with E-state index in [2.05, 4.69) is 20.6 Å². The minimum Gasteiger partial charge on any atom is -0.369 e. The van der Waals surface area contributed by atoms with E-state index in [0.29, 0.717) is 18.2 Å². The highest BCUT2D eigenvalue weighted by molar-refractivity contribution is 6.03. The minimum atomic E-state index is -0.490. The fourth-order valence-electron chi connectivity index (χ4n) is 1.93. The van der Waals surface area contributed by atoms with Gasteiger partial charge in [0, 0.05) is 19.2 Å². The minimum absolute atomic E-state index is 0.121. The van der Waals surface area contributed by atoms with Gasteiger partial charge >= 0.3 is 0 Å². The molecular weight excluding hydrogens is 297 g/mol. The van der Waals surface area contributed by atoms with Crippen LogP contribution in [0.2, 0.25) is 0 Å². The third-order valence-corrected chi connectivity index (χ3v) is 3.06. The fraction of sp³-hybridized carbons (Fsp3) is 0.312. The van der Waals surface area contributed by atoms with Crippen LogP contribution < -0.4 is 10.6 Å². The van der Waals surface area contributed by atoms with E-state index in [1.54, 1.807) is 25.1 Å². The van der Waals surface area contributed by atoms with Crippen molar-refractivity contribution in [3.63, 3.8) is 0 Å². The number of halogens is 1. The van der Waals surface area contributed by atoms with Crippen LogP contribution in [0.5, 0.6) is 0 Å². The van der Waals surface area contributed by atoms with Crippen LogP contribution in [0.1, 0.15) is 16.3 Å². The molecule has 0 spiro atoms. The van der Waals surface area contributed by atoms with E-state index in [1.165, 1.54) is 12.1 Å². The Kier molecular flexibility index (Phi) is 5.59. The molecule has 1 amide bonds. The number of para-hydroxylation sites is 1. The summed E-state index contributed by atoms with van der Waals surface area (Å²) in [5.41, 5.74) is 0.309. The average Bonchev–Trinajstić information content (AvgIpc) is 2.48. The topological polar surface area (TPSA) is 70.2 Å². The van der Waals surface area contributed by atoms with Crippen molar-refractivity contribution < 1.29 is 9.18 Å². The molecule has 0 unspecified atom stereocenters. The summed E-state index contributed by atoms with van der Waals surface area (Å²) < 4.78 is 13.6. The van der Waals surface area contributed by atoms with Crippen LogP contribution in [-0.2, 0) is 0 Å². The summed E-state index contributed by atoms with van der Waals surface area (Å²) in [6.07, 6.45) is 0. The van der Waals surface area contributed by atoms with Gasteiger partial charge in [-0.25, -0.2) is 14.4 Å². The van der Waals surface area contributed by atoms with Gasteiger partial charge in [0.2, 0.25) is 0 Å². The lowest BCUT2D eigenvalue weighted by Crippen LogP contribution is -2.22. The molecule has 122 valence electrons. The Bertz CT molecular complexity index is 690. The van der Waals surface area contributed by atoms with Crippen molar-refractivity contribution in [2.24, 2.45) is 0 Å². The highest BCUT2D eigenvalue weighted by atomic mass is 19.1. The van der Waals surface area contributed by atoms with Crippen LogP contribution >= 0.6 is 0 Å². The van der Waals surface area contributed by atoms with E-state index in [1.807, 2.05) is 19.0 Å². The third kappa shape index (κ3) is 5.00. The van der Waals surface area contributed by atoms with Gasteiger partial charge in [-0.2, -0.15) is 0 Å². The molecule has 0 saturated carbocycles. The standard InChI is InChI=1S/C16H20FN5O/c1-11-19-14(10-15(20-11)18-8-9-22(2)3)16(23)21-13-7-5-4-6-12(13)17/h4-7,10H,8-9H2,1-3H3,(H,21,23)(H,18,19,20). The number of amides is 1. The number of likely N-dealkylation sites (N-methyl/N-ethyl adjacent to an activating group) is 1. The second-order valence-corrected chi connectivity index (χ2v) is 5.35. The van der Waals surface area contributed by atoms with Gasteiger partial charge in [-0.1, -0.05) is 12.1 Å². The van der Waals surface area contributed by atoms with Crippen LogP contribution in [0.3, 0.4) is 0 Å². The number of aromatic nitrogens is 2. The third-order valence-electron chi connectivity index (χ3n) is 3.06. The van der Waals surface area contributed by atoms with E-state index < -0.39 is 11.7 Å². The van der Waals surface area contributed by atoms with Crippen molar-refractivity contribution in [2.45, 2.75) is 6.92 Å². The molecule has 0 radical (unpaired) electrons. The fourth-order valence-corrected chi connectivity index (χ4v) is 1.93. The summed E-state index contributed by atoms with van der Waals surface area (Å²) in [5.74, 6) is 0.0730. The van der Waals surface area contributed by atoms with Crippen LogP contribution in [-0.4, -0.2) is 48.0 Å². The highest BCUT2D eigenvalue weighted by Gasteiger charge is 2.12. The van der Waals surface area contributed by atoms with Crippen molar-refractivity contribution in [1.29, 1.82) is 0 Å². The number of carbonyl (C=O) groups is 1. The number of rotatable bonds is 6. The molecule has 23 heavy (non-hydrogen) atoms. The molecule has 2 rings (SSSR count). The summed E-state index contributed by atoms with van der Waals surface area (Å²) in [7, 11) is 3.94. The quantitative estimate of drug-likeness (QED) is 0.854. The lowest BCUT2D eigenvalue weighted by atomic mass is 10.3. The molecule has 6 nitrogen and oxygen atoms in total. The molecule has 0 bridgehead atoms. The van der Waals surface area contributed by atoms with E-state index in [9.17, 15) is 9.18 Å². The van der Waals surface area contributed by atoms with Crippen LogP contribution in [0.25, 0.3) is 0 Å². The first-order valence-electron chi connectivity index (χ1n) is 7.26. The van der Waals surface area contributed by atoms with E-state index in [-0.39, 0.29) is 11.4 Å². The van der Waals surface area contributed by atoms with Gasteiger partial charge in [-0.15, -0.1) is 0 Å². The number of aryl methyl sites for hydroxylation is 1. The summed E-state index contributed by atoms with van der Waals surface area (Å²) in [5, 5.41) is 5.66. The van der Waals surface area contributed by atoms with Crippen molar-refractivity contribution in [3.8, 4) is 0 Å². The second kappa shape index (κ2) is 7.64. The molecule has 7 heteroatoms. The van der Waals surface area contributed by atoms with E-state index >= 15 is 0 Å². The van der Waals surface area contributed by atoms with Gasteiger partial charge < -0.3 is 15.5 Å². The normalized spacial score (nSPS) is 10.7. The Balaban J connectivity index is 2.11. The van der Waals surface area contributed by atoms with Crippen molar-refractivity contribution in [2.75, 3.05) is 37.8 Å². The van der Waals surface area contributed by atoms with Gasteiger partial charge in [-0.3, -0.25) is 4.79 Å². The van der Waals surface area contributed by atoms with Crippen molar-refractivity contribution in [1.82, 2.24) is 14.9 Å². The van der Waals surface area contributed by atoms with Crippen LogP contribution in [0.4, 0.5) is 15.9 Å². The number of nitrogens with one attached hydrogen (secondary N) is 2. The average molecular weight is 317 g/mol. The SMILES string of the molecule is Cc1nc(NCCN(C)C)cc(C(=O)Nc2ccccc2F)n1. The Morgan fingerprint density at radius 2 is 2.00 bits per heavy atom. The first-order valence-corrected chi connectivity index (χ1v) is 7.26. The monoisotopic (exact) mass is 317 g/mol. The molecule has 1 aromatic carbocycles. The maximum atomic E-state index is 13.6. The van der Waals surface area contributed by atoms with Crippen LogP contribution in [0.15, 0.2) is 30.3 Å². The highest BCUT2D eigenvalue weighted by Crippen LogP contribution is 2.14. The number of carbonyl (C=O) groups excluding carboxylic acids is 1. The lowest BCUT2D eigenvalue weighted by Gasteiger charge is -2.12. The summed E-state index contributed by atoms with van der Waals surface area (Å²) in [6.45, 7) is 3.23. The zero-order chi connectivity index (χ0) is 16.8. The second-order valence-electron chi connectivity index (χ2n) is 5.35. The smallest absolute Gasteiger partial charge is 0.274 e. The molecule has 0 aliphatic heterocycles. The van der Waals surface area contributed by atoms with Crippen molar-refractivity contribution >= 4 is 17.4 Å². The first kappa shape index (κ1) is 16.8. The molecule has 2 N–H and O–H groups in total. The molecule has 0 aliphatic carbocycles. The molecule has 0 atom stereocenters. The zero-order valence-electron chi connectivity index (χ0n) is 13.4. The molecular formula is C16H20FN5O. The number of hydrogen-bond donors (Lipinski definition) is 2. The largest absolute Gasteiger partial charge is 0.369 e. The van der Waals surface area contributed by atoms with Gasteiger partial charge in [0.05, 0.1) is 5.69 Å². The predicted octanol–water partition coefficient (Wildman–Crippen LogP) is 2.15. The lowest BCUT2D eigenvalue weighted by molar-refractivity contribution is 0.102. The Morgan fingerprint density at radius 1 is 1.26 bits per heavy atom. The molecule has 2 aromatic rings. The molecule has 0 aliphatic rings. The number of nitrogens with zero attached hydrogens (tertiary/aromatic N) is 3. The first-order chi connectivity index (χ1) is 11.0. The summed E-state index contributed by atoms with van der Waals surface area (Å²) in [4.78, 5) is 22.6. The molecule has 1 heterocycles. The summed E-state index contributed by atoms with van der Waals surface area (Å²) in [6, 6.07) is 7.55. The number of hydrogen-bond acceptors (Lipinski definition) is 5.